The molecule has 0 aliphatic heterocycles. The quantitative estimate of drug-likeness (QED) is 0.335. The Hall–Kier alpha value is -4.79. The summed E-state index contributed by atoms with van der Waals surface area (Å²) in [7, 11) is 0. The fourth-order valence-electron chi connectivity index (χ4n) is 4.16. The van der Waals surface area contributed by atoms with Crippen molar-refractivity contribution in [2.75, 3.05) is 5.32 Å². The molecule has 174 valence electrons. The van der Waals surface area contributed by atoms with Crippen molar-refractivity contribution >= 4 is 28.4 Å². The van der Waals surface area contributed by atoms with Gasteiger partial charge in [-0.2, -0.15) is 10.1 Å². The molecule has 3 N–H and O–H groups in total. The number of carboxylic acid groups (broad SMARTS) is 1. The summed E-state index contributed by atoms with van der Waals surface area (Å²) in [4.78, 5) is 30.6. The predicted octanol–water partition coefficient (Wildman–Crippen LogP) is 4.97. The molecule has 0 amide bonds. The molecule has 0 saturated carbocycles. The van der Waals surface area contributed by atoms with Crippen molar-refractivity contribution in [3.63, 3.8) is 0 Å². The van der Waals surface area contributed by atoms with Crippen LogP contribution in [-0.2, 0) is 0 Å². The van der Waals surface area contributed by atoms with Crippen molar-refractivity contribution < 1.29 is 14.3 Å². The molecular formula is C26H20FN5O3. The number of aromatic carboxylic acids is 1. The summed E-state index contributed by atoms with van der Waals surface area (Å²) in [5.41, 5.74) is 3.09. The van der Waals surface area contributed by atoms with Gasteiger partial charge in [-0.25, -0.2) is 13.9 Å². The average molecular weight is 469 g/mol. The van der Waals surface area contributed by atoms with Crippen LogP contribution >= 0.6 is 0 Å². The zero-order valence-corrected chi connectivity index (χ0v) is 18.8. The lowest BCUT2D eigenvalue weighted by molar-refractivity contribution is 0.0698. The number of benzene rings is 3. The van der Waals surface area contributed by atoms with E-state index in [1.165, 1.54) is 12.1 Å². The minimum Gasteiger partial charge on any atom is -0.478 e. The van der Waals surface area contributed by atoms with E-state index in [4.69, 9.17) is 5.10 Å². The number of aryl methyl sites for hydroxylation is 2. The number of aromatic amines is 1. The maximum atomic E-state index is 15.0. The fraction of sp³-hybridized carbons (Fsp3) is 0.0769. The van der Waals surface area contributed by atoms with Gasteiger partial charge in [-0.3, -0.25) is 4.79 Å². The van der Waals surface area contributed by atoms with Crippen LogP contribution in [-0.4, -0.2) is 30.8 Å². The van der Waals surface area contributed by atoms with Crippen LogP contribution in [0.1, 0.15) is 21.6 Å². The fourth-order valence-corrected chi connectivity index (χ4v) is 4.16. The largest absolute Gasteiger partial charge is 0.478 e. The average Bonchev–Trinajstić information content (AvgIpc) is 3.15. The van der Waals surface area contributed by atoms with E-state index in [0.717, 1.165) is 17.6 Å². The molecule has 5 rings (SSSR count). The number of hydrogen-bond donors (Lipinski definition) is 3. The Morgan fingerprint density at radius 3 is 2.60 bits per heavy atom. The van der Waals surface area contributed by atoms with Gasteiger partial charge >= 0.3 is 5.97 Å². The van der Waals surface area contributed by atoms with Crippen molar-refractivity contribution in [1.82, 2.24) is 19.7 Å². The van der Waals surface area contributed by atoms with Gasteiger partial charge in [0, 0.05) is 5.56 Å². The molecule has 9 heteroatoms. The third kappa shape index (κ3) is 3.82. The molecule has 0 spiro atoms. The lowest BCUT2D eigenvalue weighted by Crippen LogP contribution is -2.09. The van der Waals surface area contributed by atoms with Gasteiger partial charge in [0.25, 0.3) is 5.56 Å². The lowest BCUT2D eigenvalue weighted by atomic mass is 10.0. The summed E-state index contributed by atoms with van der Waals surface area (Å²) in [6.45, 7) is 3.70. The van der Waals surface area contributed by atoms with E-state index in [1.807, 2.05) is 31.2 Å². The number of anilines is 2. The number of nitrogens with zero attached hydrogens (tertiary/aromatic N) is 3. The van der Waals surface area contributed by atoms with E-state index in [9.17, 15) is 14.7 Å². The van der Waals surface area contributed by atoms with Gasteiger partial charge in [-0.05, 0) is 55.3 Å². The molecule has 8 nitrogen and oxygen atoms in total. The molecule has 0 radical (unpaired) electrons. The van der Waals surface area contributed by atoms with Crippen LogP contribution in [0.4, 0.5) is 15.9 Å². The Morgan fingerprint density at radius 2 is 1.83 bits per heavy atom. The van der Waals surface area contributed by atoms with E-state index < -0.39 is 17.3 Å². The molecule has 5 aromatic rings. The maximum Gasteiger partial charge on any atom is 0.337 e. The Morgan fingerprint density at radius 1 is 1.09 bits per heavy atom. The number of para-hydroxylation sites is 2. The molecule has 0 bridgehead atoms. The van der Waals surface area contributed by atoms with E-state index in [0.29, 0.717) is 28.3 Å². The third-order valence-corrected chi connectivity index (χ3v) is 5.81. The summed E-state index contributed by atoms with van der Waals surface area (Å²) in [6.07, 6.45) is 1.16. The molecule has 0 atom stereocenters. The number of aromatic nitrogens is 4. The van der Waals surface area contributed by atoms with Crippen molar-refractivity contribution in [2.45, 2.75) is 13.8 Å². The second kappa shape index (κ2) is 8.53. The zero-order chi connectivity index (χ0) is 24.7. The van der Waals surface area contributed by atoms with Crippen LogP contribution in [0, 0.1) is 19.7 Å². The van der Waals surface area contributed by atoms with Gasteiger partial charge in [-0.1, -0.05) is 30.3 Å². The smallest absolute Gasteiger partial charge is 0.337 e. The van der Waals surface area contributed by atoms with E-state index in [-0.39, 0.29) is 16.5 Å². The number of nitrogens with one attached hydrogen (secondary N) is 2. The van der Waals surface area contributed by atoms with Crippen LogP contribution in [0.25, 0.3) is 27.7 Å². The minimum absolute atomic E-state index is 0.0587. The first-order valence-corrected chi connectivity index (χ1v) is 10.8. The highest BCUT2D eigenvalue weighted by molar-refractivity contribution is 5.96. The van der Waals surface area contributed by atoms with Gasteiger partial charge < -0.3 is 15.4 Å². The zero-order valence-electron chi connectivity index (χ0n) is 18.8. The minimum atomic E-state index is -1.09. The molecule has 2 heterocycles. The second-order valence-electron chi connectivity index (χ2n) is 8.07. The van der Waals surface area contributed by atoms with Crippen LogP contribution in [0.3, 0.4) is 0 Å². The van der Waals surface area contributed by atoms with Crippen LogP contribution in [0.2, 0.25) is 0 Å². The highest BCUT2D eigenvalue weighted by Crippen LogP contribution is 2.37. The van der Waals surface area contributed by atoms with Gasteiger partial charge in [0.15, 0.2) is 0 Å². The van der Waals surface area contributed by atoms with Crippen LogP contribution < -0.4 is 10.9 Å². The normalized spacial score (nSPS) is 11.1. The summed E-state index contributed by atoms with van der Waals surface area (Å²) >= 11 is 0. The number of H-pyrrole nitrogens is 1. The van der Waals surface area contributed by atoms with Crippen LogP contribution in [0.5, 0.6) is 0 Å². The van der Waals surface area contributed by atoms with Gasteiger partial charge in [-0.15, -0.1) is 0 Å². The number of rotatable bonds is 5. The number of carboxylic acids is 1. The third-order valence-electron chi connectivity index (χ3n) is 5.81. The molecule has 0 saturated heterocycles. The van der Waals surface area contributed by atoms with Crippen molar-refractivity contribution in [3.8, 4) is 16.8 Å². The van der Waals surface area contributed by atoms with Gasteiger partial charge in [0.2, 0.25) is 0 Å². The summed E-state index contributed by atoms with van der Waals surface area (Å²) in [5, 5.41) is 17.7. The number of carbonyl (C=O) groups is 1. The first-order chi connectivity index (χ1) is 16.8. The molecule has 2 aromatic heterocycles. The summed E-state index contributed by atoms with van der Waals surface area (Å²) in [5.74, 6) is -1.27. The number of fused-ring (bicyclic) bond motifs is 1. The summed E-state index contributed by atoms with van der Waals surface area (Å²) in [6, 6.07) is 17.0. The van der Waals surface area contributed by atoms with E-state index >= 15 is 4.39 Å². The Balaban J connectivity index is 1.81. The molecule has 35 heavy (non-hydrogen) atoms. The summed E-state index contributed by atoms with van der Waals surface area (Å²) < 4.78 is 16.7. The molecule has 0 aliphatic rings. The first kappa shape index (κ1) is 22.0. The molecular weight excluding hydrogens is 449 g/mol. The lowest BCUT2D eigenvalue weighted by Gasteiger charge is -2.16. The topological polar surface area (TPSA) is 113 Å². The van der Waals surface area contributed by atoms with Crippen LogP contribution in [0.15, 0.2) is 71.8 Å². The van der Waals surface area contributed by atoms with Crippen molar-refractivity contribution in [3.05, 3.63) is 100.0 Å². The monoisotopic (exact) mass is 469 g/mol. The highest BCUT2D eigenvalue weighted by atomic mass is 19.1. The maximum absolute atomic E-state index is 15.0. The van der Waals surface area contributed by atoms with Crippen molar-refractivity contribution in [2.24, 2.45) is 0 Å². The predicted molar refractivity (Wildman–Crippen MR) is 131 cm³/mol. The Labute approximate surface area is 198 Å². The molecule has 0 unspecified atom stereocenters. The van der Waals surface area contributed by atoms with E-state index in [1.54, 1.807) is 35.9 Å². The SMILES string of the molecule is Cc1ccccc1-n1nc(C)c(-c2cc(F)c3[nH]cnc(=O)c3c2)c1Nc1ccccc1C(=O)O. The van der Waals surface area contributed by atoms with E-state index in [2.05, 4.69) is 15.3 Å². The first-order valence-electron chi connectivity index (χ1n) is 10.8. The highest BCUT2D eigenvalue weighted by Gasteiger charge is 2.22. The molecule has 0 fully saturated rings. The molecule has 0 aliphatic carbocycles. The second-order valence-corrected chi connectivity index (χ2v) is 8.07. The number of halogens is 1. The Kier molecular flexibility index (Phi) is 5.37. The Bertz CT molecular complexity index is 1670. The van der Waals surface area contributed by atoms with Crippen molar-refractivity contribution in [1.29, 1.82) is 0 Å². The number of hydrogen-bond acceptors (Lipinski definition) is 5. The standard InChI is InChI=1S/C26H20FN5O3/c1-14-7-3-6-10-21(14)32-24(30-20-9-5-4-8-17(20)26(34)35)22(15(2)31-32)16-11-18-23(19(27)12-16)28-13-29-25(18)33/h3-13,30H,1-2H3,(H,34,35)(H,28,29,33). The van der Waals surface area contributed by atoms with Gasteiger partial charge in [0.05, 0.1) is 39.9 Å². The molecule has 3 aromatic carbocycles. The van der Waals surface area contributed by atoms with Gasteiger partial charge in [0.1, 0.15) is 11.6 Å².